The topological polar surface area (TPSA) is 69.6 Å². The van der Waals surface area contributed by atoms with Crippen molar-refractivity contribution >= 4 is 11.9 Å². The third-order valence-corrected chi connectivity index (χ3v) is 4.24. The monoisotopic (exact) mass is 358 g/mol. The minimum absolute atomic E-state index is 0.339. The lowest BCUT2D eigenvalue weighted by molar-refractivity contribution is -0.129. The molecule has 0 fully saturated rings. The molecule has 2 aromatic rings. The summed E-state index contributed by atoms with van der Waals surface area (Å²) in [6, 6.07) is 11.8. The van der Waals surface area contributed by atoms with E-state index in [1.807, 2.05) is 44.2 Å². The summed E-state index contributed by atoms with van der Waals surface area (Å²) >= 11 is 0. The largest absolute Gasteiger partial charge is 0.449 e. The first-order valence-electron chi connectivity index (χ1n) is 8.62. The van der Waals surface area contributed by atoms with E-state index in [9.17, 15) is 9.59 Å². The number of hydrogen-bond donors (Lipinski definition) is 1. The van der Waals surface area contributed by atoms with Crippen molar-refractivity contribution in [3.05, 3.63) is 58.9 Å². The Hall–Kier alpha value is -2.60. The lowest BCUT2D eigenvalue weighted by atomic mass is 10.2. The van der Waals surface area contributed by atoms with Gasteiger partial charge in [-0.05, 0) is 32.4 Å². The van der Waals surface area contributed by atoms with E-state index in [1.165, 1.54) is 0 Å². The molecule has 0 aliphatic heterocycles. The second kappa shape index (κ2) is 9.20. The summed E-state index contributed by atoms with van der Waals surface area (Å²) in [7, 11) is 1.56. The SMILES string of the molecule is COCCNC(=O)[C@@H](C)OC(=O)c1cc(C)n(Cc2ccccc2)c1C. The molecule has 0 bridgehead atoms. The van der Waals surface area contributed by atoms with Crippen LogP contribution in [0.2, 0.25) is 0 Å². The van der Waals surface area contributed by atoms with Gasteiger partial charge in [0, 0.05) is 31.6 Å². The molecule has 6 nitrogen and oxygen atoms in total. The lowest BCUT2D eigenvalue weighted by Gasteiger charge is -2.14. The van der Waals surface area contributed by atoms with Crippen molar-refractivity contribution in [1.29, 1.82) is 0 Å². The number of benzene rings is 1. The van der Waals surface area contributed by atoms with Gasteiger partial charge in [0.1, 0.15) is 0 Å². The molecule has 0 aliphatic carbocycles. The molecule has 0 unspecified atom stereocenters. The smallest absolute Gasteiger partial charge is 0.340 e. The van der Waals surface area contributed by atoms with E-state index in [2.05, 4.69) is 9.88 Å². The first-order valence-corrected chi connectivity index (χ1v) is 8.62. The Labute approximate surface area is 154 Å². The van der Waals surface area contributed by atoms with Crippen molar-refractivity contribution < 1.29 is 19.1 Å². The molecule has 1 N–H and O–H groups in total. The molecule has 0 saturated heterocycles. The Kier molecular flexibility index (Phi) is 6.97. The van der Waals surface area contributed by atoms with Crippen LogP contribution in [0, 0.1) is 13.8 Å². The Morgan fingerprint density at radius 1 is 1.19 bits per heavy atom. The van der Waals surface area contributed by atoms with E-state index in [1.54, 1.807) is 20.1 Å². The van der Waals surface area contributed by atoms with Crippen molar-refractivity contribution in [1.82, 2.24) is 9.88 Å². The summed E-state index contributed by atoms with van der Waals surface area (Å²) < 4.78 is 12.3. The first kappa shape index (κ1) is 19.7. The van der Waals surface area contributed by atoms with Gasteiger partial charge in [0.15, 0.2) is 6.10 Å². The van der Waals surface area contributed by atoms with Gasteiger partial charge in [0.25, 0.3) is 5.91 Å². The first-order chi connectivity index (χ1) is 12.4. The summed E-state index contributed by atoms with van der Waals surface area (Å²) in [6.45, 7) is 6.86. The van der Waals surface area contributed by atoms with Crippen LogP contribution in [0.3, 0.4) is 0 Å². The molecule has 1 heterocycles. The van der Waals surface area contributed by atoms with Crippen molar-refractivity contribution in [3.8, 4) is 0 Å². The molecule has 0 spiro atoms. The number of ether oxygens (including phenoxy) is 2. The zero-order valence-corrected chi connectivity index (χ0v) is 15.7. The van der Waals surface area contributed by atoms with Crippen LogP contribution in [0.1, 0.15) is 34.2 Å². The number of amides is 1. The summed E-state index contributed by atoms with van der Waals surface area (Å²) in [4.78, 5) is 24.4. The van der Waals surface area contributed by atoms with E-state index in [-0.39, 0.29) is 5.91 Å². The van der Waals surface area contributed by atoms with Gasteiger partial charge in [-0.3, -0.25) is 4.79 Å². The van der Waals surface area contributed by atoms with E-state index in [0.717, 1.165) is 17.0 Å². The van der Waals surface area contributed by atoms with Gasteiger partial charge >= 0.3 is 5.97 Å². The van der Waals surface area contributed by atoms with Crippen LogP contribution in [-0.2, 0) is 20.8 Å². The van der Waals surface area contributed by atoms with Crippen LogP contribution in [-0.4, -0.2) is 42.8 Å². The van der Waals surface area contributed by atoms with Crippen LogP contribution in [0.4, 0.5) is 0 Å². The van der Waals surface area contributed by atoms with Gasteiger partial charge < -0.3 is 19.4 Å². The second-order valence-corrected chi connectivity index (χ2v) is 6.19. The van der Waals surface area contributed by atoms with Crippen LogP contribution >= 0.6 is 0 Å². The van der Waals surface area contributed by atoms with Gasteiger partial charge in [-0.2, -0.15) is 0 Å². The van der Waals surface area contributed by atoms with Crippen molar-refractivity contribution in [3.63, 3.8) is 0 Å². The van der Waals surface area contributed by atoms with Gasteiger partial charge in [-0.25, -0.2) is 4.79 Å². The molecule has 2 rings (SSSR count). The highest BCUT2D eigenvalue weighted by atomic mass is 16.5. The predicted molar refractivity (Wildman–Crippen MR) is 99.2 cm³/mol. The average Bonchev–Trinajstić information content (AvgIpc) is 2.91. The average molecular weight is 358 g/mol. The third kappa shape index (κ3) is 4.95. The Bertz CT molecular complexity index is 753. The Balaban J connectivity index is 2.05. The molecule has 140 valence electrons. The minimum Gasteiger partial charge on any atom is -0.449 e. The molecule has 0 saturated carbocycles. The van der Waals surface area contributed by atoms with Gasteiger partial charge in [0.2, 0.25) is 0 Å². The van der Waals surface area contributed by atoms with E-state index in [4.69, 9.17) is 9.47 Å². The van der Waals surface area contributed by atoms with E-state index >= 15 is 0 Å². The van der Waals surface area contributed by atoms with Gasteiger partial charge in [0.05, 0.1) is 12.2 Å². The molecule has 26 heavy (non-hydrogen) atoms. The molecule has 1 aromatic heterocycles. The maximum absolute atomic E-state index is 12.5. The Morgan fingerprint density at radius 2 is 1.88 bits per heavy atom. The standard InChI is InChI=1S/C20H26N2O4/c1-14-12-18(15(2)22(14)13-17-8-6-5-7-9-17)20(24)26-16(3)19(23)21-10-11-25-4/h5-9,12,16H,10-11,13H2,1-4H3,(H,21,23)/t16-/m1/s1. The molecule has 0 aliphatic rings. The fourth-order valence-corrected chi connectivity index (χ4v) is 2.71. The van der Waals surface area contributed by atoms with E-state index < -0.39 is 12.1 Å². The number of carbonyl (C=O) groups is 2. The van der Waals surface area contributed by atoms with E-state index in [0.29, 0.717) is 25.3 Å². The summed E-state index contributed by atoms with van der Waals surface area (Å²) in [5, 5.41) is 2.66. The van der Waals surface area contributed by atoms with Crippen LogP contribution in [0.5, 0.6) is 0 Å². The molecule has 1 aromatic carbocycles. The number of carbonyl (C=O) groups excluding carboxylic acids is 2. The summed E-state index contributed by atoms with van der Waals surface area (Å²) in [5.41, 5.74) is 3.42. The van der Waals surface area contributed by atoms with Gasteiger partial charge in [-0.15, -0.1) is 0 Å². The summed E-state index contributed by atoms with van der Waals surface area (Å²) in [6.07, 6.45) is -0.864. The number of esters is 1. The fourth-order valence-electron chi connectivity index (χ4n) is 2.71. The number of aromatic nitrogens is 1. The highest BCUT2D eigenvalue weighted by Crippen LogP contribution is 2.18. The van der Waals surface area contributed by atoms with Crippen LogP contribution < -0.4 is 5.32 Å². The second-order valence-electron chi connectivity index (χ2n) is 6.19. The highest BCUT2D eigenvalue weighted by Gasteiger charge is 2.22. The van der Waals surface area contributed by atoms with Crippen molar-refractivity contribution in [2.45, 2.75) is 33.4 Å². The van der Waals surface area contributed by atoms with Crippen LogP contribution in [0.15, 0.2) is 36.4 Å². The number of aryl methyl sites for hydroxylation is 1. The predicted octanol–water partition coefficient (Wildman–Crippen LogP) is 2.46. The zero-order valence-electron chi connectivity index (χ0n) is 15.7. The molecular formula is C20H26N2O4. The van der Waals surface area contributed by atoms with Crippen molar-refractivity contribution in [2.24, 2.45) is 0 Å². The highest BCUT2D eigenvalue weighted by molar-refractivity contribution is 5.93. The number of hydrogen-bond acceptors (Lipinski definition) is 4. The van der Waals surface area contributed by atoms with Crippen molar-refractivity contribution in [2.75, 3.05) is 20.3 Å². The normalized spacial score (nSPS) is 11.8. The maximum Gasteiger partial charge on any atom is 0.340 e. The van der Waals surface area contributed by atoms with Crippen LogP contribution in [0.25, 0.3) is 0 Å². The number of methoxy groups -OCH3 is 1. The molecule has 0 radical (unpaired) electrons. The fraction of sp³-hybridized carbons (Fsp3) is 0.400. The summed E-state index contributed by atoms with van der Waals surface area (Å²) in [5.74, 6) is -0.833. The number of nitrogens with zero attached hydrogens (tertiary/aromatic N) is 1. The number of nitrogens with one attached hydrogen (secondary N) is 1. The minimum atomic E-state index is -0.864. The molecule has 1 atom stereocenters. The number of rotatable bonds is 8. The molecule has 1 amide bonds. The Morgan fingerprint density at radius 3 is 2.54 bits per heavy atom. The third-order valence-electron chi connectivity index (χ3n) is 4.24. The molecule has 6 heteroatoms. The molecular weight excluding hydrogens is 332 g/mol. The quantitative estimate of drug-likeness (QED) is 0.581. The zero-order chi connectivity index (χ0) is 19.1. The lowest BCUT2D eigenvalue weighted by Crippen LogP contribution is -2.37. The maximum atomic E-state index is 12.5. The van der Waals surface area contributed by atoms with Gasteiger partial charge in [-0.1, -0.05) is 30.3 Å².